The molecule has 27 heteroatoms. The molecule has 2 aliphatic heterocycles. The number of imidazole rings is 2. The predicted molar refractivity (Wildman–Crippen MR) is 328 cm³/mol. The van der Waals surface area contributed by atoms with Crippen LogP contribution in [0.1, 0.15) is 109 Å². The normalized spacial score (nSPS) is 21.3. The van der Waals surface area contributed by atoms with E-state index in [4.69, 9.17) is 51.1 Å². The van der Waals surface area contributed by atoms with E-state index in [-0.39, 0.29) is 84.3 Å². The standard InChI is InChI=1S/C31H30Cl2N6O5.C30H28Cl2N6O5.ClH/c1-17(26(40)37-23-9-8-20(10-23)28(42)44-3)36-27(41)25-16-35-30-38(24-12-21(32)11-22(33)13-24)29(43)31(2,39(25)30)14-18-4-6-19(15-34)7-5-18;1-16(25(39)36-22-8-7-19(9-22)27(41)42)35-26(40)24-15-34-29-37(23-11-20(31)10-21(32)12-23)28(43)30(2,38(24)29)13-17-3-5-18(14-33)6-4-17;/h4-7,11-13,16-17,20,23H,8-10,14H2,1-3H3,(H,36,41)(H,37,40);3-6,10-12,15-16,19,22H,7-9,13H2,1-2H3,(H,35,40)(H,36,39)(H,41,42);1H/t17-,20+,23?,31+;16-,19+,22?,30+;/m00./s1. The van der Waals surface area contributed by atoms with Crippen LogP contribution in [0.25, 0.3) is 0 Å². The van der Waals surface area contributed by atoms with Crippen LogP contribution < -0.4 is 31.1 Å². The van der Waals surface area contributed by atoms with Gasteiger partial charge in [0.05, 0.1) is 66.0 Å². The van der Waals surface area contributed by atoms with Crippen molar-refractivity contribution in [2.75, 3.05) is 16.9 Å². The van der Waals surface area contributed by atoms with E-state index < -0.39 is 58.7 Å². The summed E-state index contributed by atoms with van der Waals surface area (Å²) in [4.78, 5) is 116. The molecule has 2 saturated carbocycles. The molecule has 0 saturated heterocycles. The first-order chi connectivity index (χ1) is 41.3. The van der Waals surface area contributed by atoms with Crippen molar-refractivity contribution in [3.63, 3.8) is 0 Å². The zero-order chi connectivity index (χ0) is 62.8. The van der Waals surface area contributed by atoms with Gasteiger partial charge in [0.15, 0.2) is 0 Å². The number of anilines is 4. The molecule has 4 aromatic carbocycles. The molecule has 2 aromatic heterocycles. The zero-order valence-corrected chi connectivity index (χ0v) is 51.8. The molecule has 8 atom stereocenters. The van der Waals surface area contributed by atoms with Gasteiger partial charge in [-0.2, -0.15) is 10.5 Å². The van der Waals surface area contributed by atoms with Gasteiger partial charge in [-0.3, -0.25) is 47.5 Å². The van der Waals surface area contributed by atoms with Crippen molar-refractivity contribution in [3.05, 3.63) is 151 Å². The van der Waals surface area contributed by atoms with Gasteiger partial charge in [0.2, 0.25) is 23.7 Å². The minimum Gasteiger partial charge on any atom is -0.481 e. The largest absolute Gasteiger partial charge is 0.481 e. The molecule has 2 aliphatic carbocycles. The number of aliphatic carboxylic acids is 1. The number of aromatic nitrogens is 4. The average Bonchev–Trinajstić information content (AvgIpc) is 1.62. The van der Waals surface area contributed by atoms with Crippen molar-refractivity contribution in [3.8, 4) is 12.1 Å². The molecule has 5 N–H and O–H groups in total. The van der Waals surface area contributed by atoms with Gasteiger partial charge in [-0.25, -0.2) is 19.8 Å². The molecule has 4 heterocycles. The maximum Gasteiger partial charge on any atom is 0.308 e. The number of hydrogen-bond acceptors (Lipinski definition) is 13. The third kappa shape index (κ3) is 13.5. The third-order valence-corrected chi connectivity index (χ3v) is 16.9. The number of amides is 6. The van der Waals surface area contributed by atoms with Crippen molar-refractivity contribution < 1.29 is 48.2 Å². The summed E-state index contributed by atoms with van der Waals surface area (Å²) < 4.78 is 7.91. The zero-order valence-electron chi connectivity index (χ0n) is 48.0. The molecule has 22 nitrogen and oxygen atoms in total. The Labute approximate surface area is 531 Å². The van der Waals surface area contributed by atoms with Crippen molar-refractivity contribution in [1.82, 2.24) is 40.4 Å². The molecular weight excluding hydrogens is 1240 g/mol. The Hall–Kier alpha value is -8.51. The van der Waals surface area contributed by atoms with Crippen LogP contribution in [0.15, 0.2) is 97.3 Å². The molecule has 10 rings (SSSR count). The fourth-order valence-corrected chi connectivity index (χ4v) is 12.6. The van der Waals surface area contributed by atoms with E-state index in [2.05, 4.69) is 43.4 Å². The quantitative estimate of drug-likeness (QED) is 0.0566. The highest BCUT2D eigenvalue weighted by Crippen LogP contribution is 2.46. The fraction of sp³-hybridized carbons (Fsp3) is 0.344. The van der Waals surface area contributed by atoms with Crippen molar-refractivity contribution in [2.24, 2.45) is 11.8 Å². The Morgan fingerprint density at radius 3 is 1.33 bits per heavy atom. The van der Waals surface area contributed by atoms with Gasteiger partial charge in [0.25, 0.3) is 23.6 Å². The van der Waals surface area contributed by atoms with Gasteiger partial charge in [0.1, 0.15) is 34.5 Å². The Morgan fingerprint density at radius 2 is 0.989 bits per heavy atom. The topological polar surface area (TPSA) is 304 Å². The van der Waals surface area contributed by atoms with Crippen LogP contribution in [0.4, 0.5) is 23.3 Å². The maximum absolute atomic E-state index is 14.2. The molecule has 88 heavy (non-hydrogen) atoms. The molecule has 0 spiro atoms. The molecule has 0 radical (unpaired) electrons. The molecule has 6 amide bonds. The Morgan fingerprint density at radius 1 is 0.625 bits per heavy atom. The van der Waals surface area contributed by atoms with Gasteiger partial charge in [-0.15, -0.1) is 12.4 Å². The summed E-state index contributed by atoms with van der Waals surface area (Å²) in [5, 5.41) is 40.0. The number of carbonyl (C=O) groups excluding carboxylic acids is 7. The summed E-state index contributed by atoms with van der Waals surface area (Å²) >= 11 is 25.0. The number of fused-ring (bicyclic) bond motifs is 2. The number of rotatable bonds is 16. The van der Waals surface area contributed by atoms with Gasteiger partial charge in [-0.1, -0.05) is 70.7 Å². The lowest BCUT2D eigenvalue weighted by molar-refractivity contribution is -0.145. The molecule has 2 fully saturated rings. The number of esters is 1. The molecular formula is C61H59Cl5N12O10. The number of carboxylic acid groups (broad SMARTS) is 1. The summed E-state index contributed by atoms with van der Waals surface area (Å²) in [5.74, 6) is -4.43. The van der Waals surface area contributed by atoms with E-state index in [1.807, 2.05) is 0 Å². The number of methoxy groups -OCH3 is 1. The molecule has 6 aromatic rings. The number of nitrogens with zero attached hydrogens (tertiary/aromatic N) is 8. The fourth-order valence-electron chi connectivity index (χ4n) is 11.6. The van der Waals surface area contributed by atoms with Crippen LogP contribution in [0.5, 0.6) is 0 Å². The Balaban J connectivity index is 0.000000225. The summed E-state index contributed by atoms with van der Waals surface area (Å²) in [7, 11) is 1.34. The second kappa shape index (κ2) is 26.8. The first kappa shape index (κ1) is 65.5. The lowest BCUT2D eigenvalue weighted by Crippen LogP contribution is -2.48. The van der Waals surface area contributed by atoms with Crippen molar-refractivity contribution in [1.29, 1.82) is 10.5 Å². The van der Waals surface area contributed by atoms with Gasteiger partial charge >= 0.3 is 11.9 Å². The third-order valence-electron chi connectivity index (χ3n) is 16.1. The SMILES string of the molecule is COC(=O)[C@@H]1CCC(NC(=O)[C@H](C)NC(=O)c2cnc3n2[C@](C)(Cc2ccc(C#N)cc2)C(=O)N3c2cc(Cl)cc(Cl)c2)C1.C[C@H](NC(=O)c1cnc2n1[C@](C)(Cc1ccc(C#N)cc1)C(=O)N2c1cc(Cl)cc(Cl)c1)C(=O)NC1CC[C@@H](C(=O)O)C1.Cl. The predicted octanol–water partition coefficient (Wildman–Crippen LogP) is 8.88. The number of nitrogens with one attached hydrogen (secondary N) is 4. The number of carbonyl (C=O) groups is 8. The summed E-state index contributed by atoms with van der Waals surface area (Å²) in [5.41, 5.74) is 0.672. The number of nitriles is 2. The van der Waals surface area contributed by atoms with Crippen LogP contribution in [0.2, 0.25) is 20.1 Å². The first-order valence-corrected chi connectivity index (χ1v) is 29.2. The van der Waals surface area contributed by atoms with E-state index >= 15 is 0 Å². The Kier molecular flexibility index (Phi) is 20.0. The second-order valence-corrected chi connectivity index (χ2v) is 24.0. The van der Waals surface area contributed by atoms with E-state index in [0.717, 1.165) is 11.1 Å². The van der Waals surface area contributed by atoms with Crippen LogP contribution in [-0.2, 0) is 57.4 Å². The molecule has 0 bridgehead atoms. The smallest absolute Gasteiger partial charge is 0.308 e. The van der Waals surface area contributed by atoms with Crippen molar-refractivity contribution >= 4 is 129 Å². The van der Waals surface area contributed by atoms with Gasteiger partial charge < -0.3 is 31.1 Å². The van der Waals surface area contributed by atoms with Gasteiger partial charge in [0, 0.05) is 45.0 Å². The summed E-state index contributed by atoms with van der Waals surface area (Å²) in [6.45, 7) is 6.48. The van der Waals surface area contributed by atoms with Crippen LogP contribution in [0, 0.1) is 34.5 Å². The highest BCUT2D eigenvalue weighted by atomic mass is 35.5. The lowest BCUT2D eigenvalue weighted by atomic mass is 9.91. The van der Waals surface area contributed by atoms with Crippen LogP contribution in [0.3, 0.4) is 0 Å². The number of carboxylic acids is 1. The van der Waals surface area contributed by atoms with Crippen LogP contribution in [-0.4, -0.2) is 103 Å². The molecule has 2 unspecified atom stereocenters. The second-order valence-electron chi connectivity index (χ2n) is 22.3. The number of hydrogen-bond donors (Lipinski definition) is 5. The molecule has 4 aliphatic rings. The summed E-state index contributed by atoms with van der Waals surface area (Å²) in [6, 6.07) is 24.8. The monoisotopic (exact) mass is 1290 g/mol. The lowest BCUT2D eigenvalue weighted by Gasteiger charge is -2.27. The first-order valence-electron chi connectivity index (χ1n) is 27.6. The van der Waals surface area contributed by atoms with E-state index in [9.17, 15) is 54.0 Å². The van der Waals surface area contributed by atoms with Gasteiger partial charge in [-0.05, 0) is 138 Å². The minimum atomic E-state index is -1.33. The van der Waals surface area contributed by atoms with Crippen LogP contribution >= 0.6 is 58.8 Å². The van der Waals surface area contributed by atoms with Crippen molar-refractivity contribution in [2.45, 2.75) is 114 Å². The van der Waals surface area contributed by atoms with E-state index in [0.29, 0.717) is 81.1 Å². The summed E-state index contributed by atoms with van der Waals surface area (Å²) in [6.07, 6.45) is 6.08. The van der Waals surface area contributed by atoms with E-state index in [1.165, 1.54) is 46.9 Å². The number of ether oxygens (including phenoxy) is 1. The minimum absolute atomic E-state index is 0. The number of halogens is 5. The highest BCUT2D eigenvalue weighted by Gasteiger charge is 2.53. The Bertz CT molecular complexity index is 3810. The number of benzene rings is 4. The maximum atomic E-state index is 14.2. The molecule has 458 valence electrons. The highest BCUT2D eigenvalue weighted by molar-refractivity contribution is 6.36. The van der Waals surface area contributed by atoms with E-state index in [1.54, 1.807) is 104 Å². The average molecular weight is 1300 g/mol.